The molecule has 0 aromatic heterocycles. The van der Waals surface area contributed by atoms with Crippen LogP contribution in [0, 0.1) is 6.92 Å². The van der Waals surface area contributed by atoms with Gasteiger partial charge in [0.15, 0.2) is 0 Å². The number of hydrogen-bond donors (Lipinski definition) is 1. The van der Waals surface area contributed by atoms with E-state index in [2.05, 4.69) is 0 Å². The monoisotopic (exact) mass is 275 g/mol. The molecule has 0 spiro atoms. The summed E-state index contributed by atoms with van der Waals surface area (Å²) < 4.78 is 0. The predicted octanol–water partition coefficient (Wildman–Crippen LogP) is 2.94. The molecule has 1 atom stereocenters. The molecule has 17 heavy (non-hydrogen) atoms. The van der Waals surface area contributed by atoms with Gasteiger partial charge < -0.3 is 5.11 Å². The lowest BCUT2D eigenvalue weighted by atomic mass is 10.1. The average molecular weight is 276 g/mol. The van der Waals surface area contributed by atoms with Crippen molar-refractivity contribution < 1.29 is 9.90 Å². The molecule has 0 radical (unpaired) electrons. The van der Waals surface area contributed by atoms with Crippen molar-refractivity contribution in [1.29, 1.82) is 0 Å². The van der Waals surface area contributed by atoms with Crippen LogP contribution in [0.25, 0.3) is 0 Å². The Hall–Kier alpha value is -0.770. The number of carboxylic acids is 1. The van der Waals surface area contributed by atoms with Gasteiger partial charge in [-0.15, -0.1) is 11.6 Å². The molecular formula is C12H15Cl2NO2. The van der Waals surface area contributed by atoms with Gasteiger partial charge in [0.1, 0.15) is 0 Å². The number of rotatable bonds is 5. The normalized spacial score (nSPS) is 12.8. The van der Waals surface area contributed by atoms with Crippen LogP contribution in [-0.4, -0.2) is 36.1 Å². The molecule has 1 aromatic carbocycles. The Morgan fingerprint density at radius 2 is 2.18 bits per heavy atom. The Morgan fingerprint density at radius 1 is 1.53 bits per heavy atom. The molecule has 0 heterocycles. The van der Waals surface area contributed by atoms with Crippen LogP contribution in [0.1, 0.15) is 16.5 Å². The molecule has 0 aliphatic heterocycles. The molecule has 0 bridgehead atoms. The smallest absolute Gasteiger partial charge is 0.317 e. The van der Waals surface area contributed by atoms with Crippen LogP contribution < -0.4 is 0 Å². The maximum absolute atomic E-state index is 10.5. The van der Waals surface area contributed by atoms with E-state index in [0.29, 0.717) is 11.6 Å². The molecule has 1 aromatic rings. The number of likely N-dealkylation sites (N-methyl/N-ethyl adjacent to an activating group) is 1. The summed E-state index contributed by atoms with van der Waals surface area (Å²) >= 11 is 12.2. The highest BCUT2D eigenvalue weighted by Gasteiger charge is 2.13. The zero-order chi connectivity index (χ0) is 13.0. The number of benzene rings is 1. The lowest BCUT2D eigenvalue weighted by molar-refractivity contribution is -0.137. The third kappa shape index (κ3) is 4.54. The molecule has 0 aliphatic rings. The van der Waals surface area contributed by atoms with Gasteiger partial charge in [-0.3, -0.25) is 9.69 Å². The minimum atomic E-state index is -0.858. The SMILES string of the molecule is Cc1cc(C(Cl)CN(C)CC(=O)O)ccc1Cl. The van der Waals surface area contributed by atoms with Crippen molar-refractivity contribution in [3.8, 4) is 0 Å². The van der Waals surface area contributed by atoms with Crippen molar-refractivity contribution in [2.75, 3.05) is 20.1 Å². The number of halogens is 2. The van der Waals surface area contributed by atoms with Gasteiger partial charge in [0, 0.05) is 11.6 Å². The van der Waals surface area contributed by atoms with Gasteiger partial charge in [0.2, 0.25) is 0 Å². The highest BCUT2D eigenvalue weighted by molar-refractivity contribution is 6.31. The molecule has 1 unspecified atom stereocenters. The van der Waals surface area contributed by atoms with Crippen LogP contribution >= 0.6 is 23.2 Å². The zero-order valence-electron chi connectivity index (χ0n) is 9.78. The van der Waals surface area contributed by atoms with E-state index in [-0.39, 0.29) is 11.9 Å². The highest BCUT2D eigenvalue weighted by atomic mass is 35.5. The first-order chi connectivity index (χ1) is 7.90. The summed E-state index contributed by atoms with van der Waals surface area (Å²) in [4.78, 5) is 12.2. The summed E-state index contributed by atoms with van der Waals surface area (Å²) in [5.74, 6) is -0.858. The van der Waals surface area contributed by atoms with E-state index in [0.717, 1.165) is 11.1 Å². The fraction of sp³-hybridized carbons (Fsp3) is 0.417. The van der Waals surface area contributed by atoms with Crippen LogP contribution in [0.15, 0.2) is 18.2 Å². The Bertz CT molecular complexity index is 409. The molecule has 1 rings (SSSR count). The molecule has 5 heteroatoms. The van der Waals surface area contributed by atoms with Crippen molar-refractivity contribution in [3.63, 3.8) is 0 Å². The molecule has 3 nitrogen and oxygen atoms in total. The van der Waals surface area contributed by atoms with E-state index in [1.54, 1.807) is 18.0 Å². The second-order valence-corrected chi connectivity index (χ2v) is 5.00. The Kier molecular flexibility index (Phi) is 5.25. The van der Waals surface area contributed by atoms with Gasteiger partial charge in [-0.1, -0.05) is 23.7 Å². The molecule has 0 saturated carbocycles. The minimum Gasteiger partial charge on any atom is -0.480 e. The minimum absolute atomic E-state index is 0.0181. The van der Waals surface area contributed by atoms with Gasteiger partial charge in [-0.25, -0.2) is 0 Å². The Labute approximate surface area is 111 Å². The summed E-state index contributed by atoms with van der Waals surface area (Å²) in [6, 6.07) is 5.59. The van der Waals surface area contributed by atoms with Gasteiger partial charge >= 0.3 is 5.97 Å². The number of carboxylic acid groups (broad SMARTS) is 1. The molecule has 0 saturated heterocycles. The van der Waals surface area contributed by atoms with Crippen molar-refractivity contribution in [1.82, 2.24) is 4.90 Å². The molecular weight excluding hydrogens is 261 g/mol. The Balaban J connectivity index is 2.66. The summed E-state index contributed by atoms with van der Waals surface area (Å²) in [5, 5.41) is 9.11. The first-order valence-electron chi connectivity index (χ1n) is 5.20. The standard InChI is InChI=1S/C12H15Cl2NO2/c1-8-5-9(3-4-10(8)13)11(14)6-15(2)7-12(16)17/h3-5,11H,6-7H2,1-2H3,(H,16,17). The predicted molar refractivity (Wildman–Crippen MR) is 69.9 cm³/mol. The third-order valence-electron chi connectivity index (χ3n) is 2.42. The second kappa shape index (κ2) is 6.24. The zero-order valence-corrected chi connectivity index (χ0v) is 11.3. The third-order valence-corrected chi connectivity index (χ3v) is 3.23. The lowest BCUT2D eigenvalue weighted by Gasteiger charge is -2.18. The second-order valence-electron chi connectivity index (χ2n) is 4.07. The summed E-state index contributed by atoms with van der Waals surface area (Å²) in [7, 11) is 1.73. The first kappa shape index (κ1) is 14.3. The van der Waals surface area contributed by atoms with E-state index < -0.39 is 5.97 Å². The fourth-order valence-corrected chi connectivity index (χ4v) is 2.03. The van der Waals surface area contributed by atoms with Crippen LogP contribution in [0.4, 0.5) is 0 Å². The molecule has 1 N–H and O–H groups in total. The van der Waals surface area contributed by atoms with E-state index >= 15 is 0 Å². The number of hydrogen-bond acceptors (Lipinski definition) is 2. The lowest BCUT2D eigenvalue weighted by Crippen LogP contribution is -2.28. The van der Waals surface area contributed by atoms with Gasteiger partial charge in [-0.2, -0.15) is 0 Å². The van der Waals surface area contributed by atoms with Gasteiger partial charge in [0.05, 0.1) is 11.9 Å². The van der Waals surface area contributed by atoms with E-state index in [9.17, 15) is 4.79 Å². The largest absolute Gasteiger partial charge is 0.480 e. The fourth-order valence-electron chi connectivity index (χ4n) is 1.54. The summed E-state index contributed by atoms with van der Waals surface area (Å²) in [6.07, 6.45) is 0. The summed E-state index contributed by atoms with van der Waals surface area (Å²) in [5.41, 5.74) is 1.92. The Morgan fingerprint density at radius 3 is 2.71 bits per heavy atom. The van der Waals surface area contributed by atoms with Crippen molar-refractivity contribution in [2.24, 2.45) is 0 Å². The van der Waals surface area contributed by atoms with Crippen LogP contribution in [0.5, 0.6) is 0 Å². The van der Waals surface area contributed by atoms with Crippen molar-refractivity contribution in [3.05, 3.63) is 34.3 Å². The maximum atomic E-state index is 10.5. The number of aryl methyl sites for hydroxylation is 1. The van der Waals surface area contributed by atoms with Crippen LogP contribution in [0.3, 0.4) is 0 Å². The van der Waals surface area contributed by atoms with Crippen LogP contribution in [-0.2, 0) is 4.79 Å². The molecule has 0 aliphatic carbocycles. The van der Waals surface area contributed by atoms with Crippen molar-refractivity contribution in [2.45, 2.75) is 12.3 Å². The summed E-state index contributed by atoms with van der Waals surface area (Å²) in [6.45, 7) is 2.38. The van der Waals surface area contributed by atoms with Gasteiger partial charge in [-0.05, 0) is 31.2 Å². The first-order valence-corrected chi connectivity index (χ1v) is 6.02. The number of aliphatic carboxylic acids is 1. The highest BCUT2D eigenvalue weighted by Crippen LogP contribution is 2.25. The van der Waals surface area contributed by atoms with Gasteiger partial charge in [0.25, 0.3) is 0 Å². The van der Waals surface area contributed by atoms with E-state index in [1.807, 2.05) is 19.1 Å². The van der Waals surface area contributed by atoms with E-state index in [4.69, 9.17) is 28.3 Å². The quantitative estimate of drug-likeness (QED) is 0.840. The number of nitrogens with zero attached hydrogens (tertiary/aromatic N) is 1. The van der Waals surface area contributed by atoms with Crippen LogP contribution in [0.2, 0.25) is 5.02 Å². The molecule has 0 fully saturated rings. The molecule has 94 valence electrons. The molecule has 0 amide bonds. The topological polar surface area (TPSA) is 40.5 Å². The number of alkyl halides is 1. The average Bonchev–Trinajstić information content (AvgIpc) is 2.20. The van der Waals surface area contributed by atoms with E-state index in [1.165, 1.54) is 0 Å². The number of carbonyl (C=O) groups is 1. The maximum Gasteiger partial charge on any atom is 0.317 e. The van der Waals surface area contributed by atoms with Crippen molar-refractivity contribution >= 4 is 29.2 Å².